The Balaban J connectivity index is 3.13. The summed E-state index contributed by atoms with van der Waals surface area (Å²) >= 11 is 0. The summed E-state index contributed by atoms with van der Waals surface area (Å²) in [6, 6.07) is 0. The lowest BCUT2D eigenvalue weighted by molar-refractivity contribution is 0.459. The lowest BCUT2D eigenvalue weighted by Crippen LogP contribution is -1.95. The summed E-state index contributed by atoms with van der Waals surface area (Å²) in [5.74, 6) is 0.716. The Morgan fingerprint density at radius 3 is 0.590 bits per heavy atom. The molecule has 0 fully saturated rings. The van der Waals surface area contributed by atoms with E-state index in [1.165, 1.54) is 225 Å². The van der Waals surface area contributed by atoms with Gasteiger partial charge in [-0.1, -0.05) is 245 Å². The zero-order valence-corrected chi connectivity index (χ0v) is 28.0. The third kappa shape index (κ3) is 36.0. The van der Waals surface area contributed by atoms with Gasteiger partial charge in [0, 0.05) is 0 Å². The van der Waals surface area contributed by atoms with Crippen molar-refractivity contribution >= 4 is 0 Å². The molecule has 39 heavy (non-hydrogen) atoms. The molecule has 0 aromatic carbocycles. The molecule has 0 nitrogen and oxygen atoms in total. The predicted molar refractivity (Wildman–Crippen MR) is 182 cm³/mol. The molecule has 0 heteroatoms. The van der Waals surface area contributed by atoms with Crippen molar-refractivity contribution in [3.05, 3.63) is 6.92 Å². The molecule has 0 amide bonds. The van der Waals surface area contributed by atoms with Crippen LogP contribution in [0, 0.1) is 12.8 Å². The minimum absolute atomic E-state index is 0.716. The second kappa shape index (κ2) is 36.0. The first-order chi connectivity index (χ1) is 19.3. The maximum Gasteiger partial charge on any atom is -0.0414 e. The lowest BCUT2D eigenvalue weighted by Gasteiger charge is -2.11. The van der Waals surface area contributed by atoms with Gasteiger partial charge < -0.3 is 0 Å². The molecule has 1 radical (unpaired) electrons. The largest absolute Gasteiger partial charge is 0.0654 e. The van der Waals surface area contributed by atoms with Crippen LogP contribution in [0.1, 0.15) is 239 Å². The third-order valence-corrected chi connectivity index (χ3v) is 9.18. The van der Waals surface area contributed by atoms with Crippen LogP contribution in [0.4, 0.5) is 0 Å². The van der Waals surface area contributed by atoms with Gasteiger partial charge in [-0.25, -0.2) is 0 Å². The summed E-state index contributed by atoms with van der Waals surface area (Å²) in [6.45, 7) is 9.07. The molecule has 0 aliphatic rings. The van der Waals surface area contributed by atoms with Crippen LogP contribution >= 0.6 is 0 Å². The van der Waals surface area contributed by atoms with Crippen molar-refractivity contribution in [1.82, 2.24) is 0 Å². The predicted octanol–water partition coefficient (Wildman–Crippen LogP) is 15.1. The van der Waals surface area contributed by atoms with E-state index in [0.29, 0.717) is 5.92 Å². The second-order valence-corrected chi connectivity index (χ2v) is 13.4. The maximum atomic E-state index is 4.46. The highest BCUT2D eigenvalue weighted by Gasteiger charge is 2.03. The van der Waals surface area contributed by atoms with Crippen molar-refractivity contribution in [3.63, 3.8) is 0 Å². The van der Waals surface area contributed by atoms with Crippen LogP contribution < -0.4 is 0 Å². The van der Waals surface area contributed by atoms with Gasteiger partial charge in [-0.05, 0) is 5.92 Å². The van der Waals surface area contributed by atoms with Crippen LogP contribution in [0.2, 0.25) is 0 Å². The highest BCUT2D eigenvalue weighted by Crippen LogP contribution is 2.19. The van der Waals surface area contributed by atoms with E-state index in [1.54, 1.807) is 0 Å². The van der Waals surface area contributed by atoms with Gasteiger partial charge in [-0.2, -0.15) is 0 Å². The smallest absolute Gasteiger partial charge is 0.0414 e. The Hall–Kier alpha value is 0. The molecular formula is C39H79. The standard InChI is InChI=1S/C39H79/c1-4-6-8-10-12-14-16-18-20-21-22-24-26-28-30-32-34-36-38-39(3)37-35-33-31-29-27-25-23-19-17-15-13-11-9-7-5-2/h39H,3-38H2,1-2H3. The fraction of sp³-hybridized carbons (Fsp3) is 0.974. The van der Waals surface area contributed by atoms with E-state index in [0.717, 1.165) is 0 Å². The maximum absolute atomic E-state index is 4.46. The molecule has 1 atom stereocenters. The van der Waals surface area contributed by atoms with Crippen LogP contribution in [-0.4, -0.2) is 0 Å². The first-order valence-corrected chi connectivity index (χ1v) is 19.1. The molecule has 1 unspecified atom stereocenters. The summed E-state index contributed by atoms with van der Waals surface area (Å²) in [5.41, 5.74) is 0. The molecule has 0 N–H and O–H groups in total. The van der Waals surface area contributed by atoms with E-state index >= 15 is 0 Å². The van der Waals surface area contributed by atoms with Gasteiger partial charge in [0.05, 0.1) is 0 Å². The summed E-state index contributed by atoms with van der Waals surface area (Å²) in [7, 11) is 0. The molecule has 0 aliphatic carbocycles. The van der Waals surface area contributed by atoms with Crippen LogP contribution in [0.15, 0.2) is 0 Å². The van der Waals surface area contributed by atoms with Crippen molar-refractivity contribution in [3.8, 4) is 0 Å². The SMILES string of the molecule is [CH2]C(CCCCCCCCCCCCCCCCC)CCCCCCCCCCCCCCCCCCCC. The lowest BCUT2D eigenvalue weighted by atomic mass is 9.95. The van der Waals surface area contributed by atoms with Crippen molar-refractivity contribution in [2.45, 2.75) is 239 Å². The zero-order valence-electron chi connectivity index (χ0n) is 28.0. The molecule has 0 bridgehead atoms. The topological polar surface area (TPSA) is 0 Å². The van der Waals surface area contributed by atoms with Gasteiger partial charge in [0.2, 0.25) is 0 Å². The first kappa shape index (κ1) is 39.0. The fourth-order valence-electron chi connectivity index (χ4n) is 6.28. The van der Waals surface area contributed by atoms with Crippen LogP contribution in [-0.2, 0) is 0 Å². The Labute approximate surface area is 251 Å². The number of rotatable bonds is 35. The van der Waals surface area contributed by atoms with Gasteiger partial charge >= 0.3 is 0 Å². The summed E-state index contributed by atoms with van der Waals surface area (Å²) in [6.07, 6.45) is 51.0. The minimum Gasteiger partial charge on any atom is -0.0654 e. The van der Waals surface area contributed by atoms with Gasteiger partial charge in [0.1, 0.15) is 0 Å². The van der Waals surface area contributed by atoms with Crippen LogP contribution in [0.25, 0.3) is 0 Å². The monoisotopic (exact) mass is 548 g/mol. The minimum atomic E-state index is 0.716. The average Bonchev–Trinajstić information content (AvgIpc) is 2.94. The molecule has 0 aromatic heterocycles. The van der Waals surface area contributed by atoms with E-state index in [-0.39, 0.29) is 0 Å². The van der Waals surface area contributed by atoms with Crippen molar-refractivity contribution in [2.75, 3.05) is 0 Å². The van der Waals surface area contributed by atoms with Gasteiger partial charge in [0.25, 0.3) is 0 Å². The molecular weight excluding hydrogens is 468 g/mol. The Bertz CT molecular complexity index is 399. The molecule has 0 aliphatic heterocycles. The Morgan fingerprint density at radius 2 is 0.410 bits per heavy atom. The van der Waals surface area contributed by atoms with Crippen molar-refractivity contribution < 1.29 is 0 Å². The van der Waals surface area contributed by atoms with Crippen LogP contribution in [0.3, 0.4) is 0 Å². The molecule has 235 valence electrons. The normalized spacial score (nSPS) is 12.4. The van der Waals surface area contributed by atoms with Gasteiger partial charge in [-0.15, -0.1) is 0 Å². The quantitative estimate of drug-likeness (QED) is 0.0692. The summed E-state index contributed by atoms with van der Waals surface area (Å²) in [4.78, 5) is 0. The number of hydrogen-bond acceptors (Lipinski definition) is 0. The second-order valence-electron chi connectivity index (χ2n) is 13.4. The molecule has 0 heterocycles. The van der Waals surface area contributed by atoms with E-state index < -0.39 is 0 Å². The molecule has 0 aromatic rings. The summed E-state index contributed by atoms with van der Waals surface area (Å²) in [5, 5.41) is 0. The Kier molecular flexibility index (Phi) is 36.0. The third-order valence-electron chi connectivity index (χ3n) is 9.18. The van der Waals surface area contributed by atoms with Crippen molar-refractivity contribution in [2.24, 2.45) is 5.92 Å². The van der Waals surface area contributed by atoms with Gasteiger partial charge in [-0.3, -0.25) is 0 Å². The zero-order chi connectivity index (χ0) is 28.3. The van der Waals surface area contributed by atoms with Gasteiger partial charge in [0.15, 0.2) is 0 Å². The molecule has 0 saturated carbocycles. The molecule has 0 spiro atoms. The highest BCUT2D eigenvalue weighted by atomic mass is 14.1. The molecule has 0 rings (SSSR count). The average molecular weight is 548 g/mol. The van der Waals surface area contributed by atoms with E-state index in [2.05, 4.69) is 20.8 Å². The van der Waals surface area contributed by atoms with E-state index in [4.69, 9.17) is 0 Å². The summed E-state index contributed by atoms with van der Waals surface area (Å²) < 4.78 is 0. The highest BCUT2D eigenvalue weighted by molar-refractivity contribution is 4.62. The van der Waals surface area contributed by atoms with Crippen molar-refractivity contribution in [1.29, 1.82) is 0 Å². The molecule has 0 saturated heterocycles. The van der Waals surface area contributed by atoms with Crippen LogP contribution in [0.5, 0.6) is 0 Å². The van der Waals surface area contributed by atoms with E-state index in [1.807, 2.05) is 0 Å². The van der Waals surface area contributed by atoms with E-state index in [9.17, 15) is 0 Å². The number of hydrogen-bond donors (Lipinski definition) is 0. The number of unbranched alkanes of at least 4 members (excludes halogenated alkanes) is 31. The first-order valence-electron chi connectivity index (χ1n) is 19.1. The Morgan fingerprint density at radius 1 is 0.256 bits per heavy atom. The fourth-order valence-corrected chi connectivity index (χ4v) is 6.28.